The summed E-state index contributed by atoms with van der Waals surface area (Å²) in [7, 11) is 4.00. The Balaban J connectivity index is 2.24. The van der Waals surface area contributed by atoms with E-state index in [-0.39, 0.29) is 0 Å². The van der Waals surface area contributed by atoms with E-state index in [0.29, 0.717) is 0 Å². The molecule has 0 saturated carbocycles. The van der Waals surface area contributed by atoms with Crippen molar-refractivity contribution in [3.8, 4) is 0 Å². The van der Waals surface area contributed by atoms with Crippen LogP contribution in [0, 0.1) is 0 Å². The van der Waals surface area contributed by atoms with Crippen molar-refractivity contribution in [2.75, 3.05) is 31.1 Å². The molecule has 1 heterocycles. The summed E-state index contributed by atoms with van der Waals surface area (Å²) in [4.78, 5) is 2.51. The van der Waals surface area contributed by atoms with E-state index in [1.807, 2.05) is 21.6 Å². The second-order valence-corrected chi connectivity index (χ2v) is 5.73. The van der Waals surface area contributed by atoms with Crippen molar-refractivity contribution in [1.82, 2.24) is 4.90 Å². The van der Waals surface area contributed by atoms with Gasteiger partial charge in [0.1, 0.15) is 0 Å². The average molecular weight is 203 g/mol. The van der Waals surface area contributed by atoms with Gasteiger partial charge in [-0.05, 0) is 6.42 Å². The SMILES string of the molecule is C=C(CC)CN1CCSSCC1. The summed E-state index contributed by atoms with van der Waals surface area (Å²) in [6, 6.07) is 0. The molecule has 1 fully saturated rings. The maximum atomic E-state index is 4.04. The van der Waals surface area contributed by atoms with Crippen LogP contribution in [0.1, 0.15) is 13.3 Å². The maximum absolute atomic E-state index is 4.04. The molecule has 0 N–H and O–H groups in total. The minimum atomic E-state index is 1.11. The molecule has 0 aromatic carbocycles. The van der Waals surface area contributed by atoms with Crippen LogP contribution in [0.5, 0.6) is 0 Å². The Morgan fingerprint density at radius 3 is 2.42 bits per heavy atom. The van der Waals surface area contributed by atoms with E-state index in [2.05, 4.69) is 18.4 Å². The molecule has 1 aliphatic rings. The molecule has 0 amide bonds. The summed E-state index contributed by atoms with van der Waals surface area (Å²) in [6.07, 6.45) is 1.12. The molecule has 0 aromatic heterocycles. The van der Waals surface area contributed by atoms with Crippen LogP contribution in [0.3, 0.4) is 0 Å². The van der Waals surface area contributed by atoms with Gasteiger partial charge in [-0.25, -0.2) is 0 Å². The maximum Gasteiger partial charge on any atom is 0.0190 e. The Hall–Kier alpha value is 0.400. The van der Waals surface area contributed by atoms with Crippen molar-refractivity contribution in [1.29, 1.82) is 0 Å². The minimum Gasteiger partial charge on any atom is -0.298 e. The van der Waals surface area contributed by atoms with Crippen molar-refractivity contribution < 1.29 is 0 Å². The molecule has 0 aliphatic carbocycles. The van der Waals surface area contributed by atoms with Gasteiger partial charge in [0.2, 0.25) is 0 Å². The highest BCUT2D eigenvalue weighted by Gasteiger charge is 2.09. The van der Waals surface area contributed by atoms with E-state index in [4.69, 9.17) is 0 Å². The first-order valence-electron chi connectivity index (χ1n) is 4.46. The van der Waals surface area contributed by atoms with Gasteiger partial charge < -0.3 is 0 Å². The second-order valence-electron chi connectivity index (χ2n) is 3.02. The van der Waals surface area contributed by atoms with Crippen LogP contribution in [0.2, 0.25) is 0 Å². The molecule has 1 aliphatic heterocycles. The lowest BCUT2D eigenvalue weighted by Crippen LogP contribution is -2.28. The number of nitrogens with zero attached hydrogens (tertiary/aromatic N) is 1. The highest BCUT2D eigenvalue weighted by molar-refractivity contribution is 8.76. The minimum absolute atomic E-state index is 1.11. The third-order valence-corrected chi connectivity index (χ3v) is 4.38. The van der Waals surface area contributed by atoms with Crippen LogP contribution in [0.25, 0.3) is 0 Å². The Labute approximate surface area is 83.4 Å². The summed E-state index contributed by atoms with van der Waals surface area (Å²) >= 11 is 0. The van der Waals surface area contributed by atoms with Gasteiger partial charge in [-0.15, -0.1) is 0 Å². The zero-order valence-corrected chi connectivity index (χ0v) is 9.35. The molecule has 0 unspecified atom stereocenters. The topological polar surface area (TPSA) is 3.24 Å². The highest BCUT2D eigenvalue weighted by Crippen LogP contribution is 2.24. The summed E-state index contributed by atoms with van der Waals surface area (Å²) < 4.78 is 0. The lowest BCUT2D eigenvalue weighted by molar-refractivity contribution is 0.334. The molecule has 0 radical (unpaired) electrons. The van der Waals surface area contributed by atoms with Crippen molar-refractivity contribution in [2.24, 2.45) is 0 Å². The van der Waals surface area contributed by atoms with Gasteiger partial charge in [0.05, 0.1) is 0 Å². The smallest absolute Gasteiger partial charge is 0.0190 e. The first-order chi connectivity index (χ1) is 5.83. The van der Waals surface area contributed by atoms with Crippen LogP contribution in [0.15, 0.2) is 12.2 Å². The lowest BCUT2D eigenvalue weighted by Gasteiger charge is -2.19. The largest absolute Gasteiger partial charge is 0.298 e. The zero-order chi connectivity index (χ0) is 8.81. The summed E-state index contributed by atoms with van der Waals surface area (Å²) in [5.74, 6) is 2.53. The second kappa shape index (κ2) is 5.95. The quantitative estimate of drug-likeness (QED) is 0.513. The van der Waals surface area contributed by atoms with Gasteiger partial charge in [0.15, 0.2) is 0 Å². The first kappa shape index (κ1) is 10.5. The zero-order valence-electron chi connectivity index (χ0n) is 7.71. The lowest BCUT2D eigenvalue weighted by atomic mass is 10.2. The Morgan fingerprint density at radius 2 is 1.92 bits per heavy atom. The normalized spacial score (nSPS) is 20.4. The van der Waals surface area contributed by atoms with Gasteiger partial charge in [-0.2, -0.15) is 0 Å². The third-order valence-electron chi connectivity index (χ3n) is 2.01. The van der Waals surface area contributed by atoms with E-state index >= 15 is 0 Å². The number of hydrogen-bond donors (Lipinski definition) is 0. The fourth-order valence-electron chi connectivity index (χ4n) is 1.15. The van der Waals surface area contributed by atoms with E-state index < -0.39 is 0 Å². The van der Waals surface area contributed by atoms with Gasteiger partial charge in [-0.1, -0.05) is 40.7 Å². The predicted molar refractivity (Wildman–Crippen MR) is 60.8 cm³/mol. The molecular weight excluding hydrogens is 186 g/mol. The van der Waals surface area contributed by atoms with Crippen molar-refractivity contribution in [3.63, 3.8) is 0 Å². The van der Waals surface area contributed by atoms with E-state index in [9.17, 15) is 0 Å². The van der Waals surface area contributed by atoms with E-state index in [1.54, 1.807) is 0 Å². The molecule has 1 rings (SSSR count). The summed E-state index contributed by atoms with van der Waals surface area (Å²) in [5, 5.41) is 0. The van der Waals surface area contributed by atoms with Crippen molar-refractivity contribution in [2.45, 2.75) is 13.3 Å². The standard InChI is InChI=1S/C9H17NS2/c1-3-9(2)8-10-4-6-11-12-7-5-10/h2-8H2,1H3. The van der Waals surface area contributed by atoms with Gasteiger partial charge in [-0.3, -0.25) is 4.90 Å². The molecule has 1 saturated heterocycles. The van der Waals surface area contributed by atoms with Gasteiger partial charge in [0, 0.05) is 31.1 Å². The fourth-order valence-corrected chi connectivity index (χ4v) is 3.20. The molecule has 0 atom stereocenters. The third kappa shape index (κ3) is 3.87. The van der Waals surface area contributed by atoms with Gasteiger partial charge >= 0.3 is 0 Å². The van der Waals surface area contributed by atoms with Crippen LogP contribution in [0.4, 0.5) is 0 Å². The Kier molecular flexibility index (Phi) is 5.19. The monoisotopic (exact) mass is 203 g/mol. The molecular formula is C9H17NS2. The molecule has 12 heavy (non-hydrogen) atoms. The molecule has 3 heteroatoms. The van der Waals surface area contributed by atoms with Crippen LogP contribution < -0.4 is 0 Å². The predicted octanol–water partition coefficient (Wildman–Crippen LogP) is 2.65. The Bertz CT molecular complexity index is 139. The van der Waals surface area contributed by atoms with Crippen molar-refractivity contribution >= 4 is 21.6 Å². The van der Waals surface area contributed by atoms with Gasteiger partial charge in [0.25, 0.3) is 0 Å². The average Bonchev–Trinajstić information content (AvgIpc) is 2.33. The van der Waals surface area contributed by atoms with Crippen LogP contribution >= 0.6 is 21.6 Å². The highest BCUT2D eigenvalue weighted by atomic mass is 33.1. The van der Waals surface area contributed by atoms with Crippen LogP contribution in [-0.4, -0.2) is 36.0 Å². The number of rotatable bonds is 3. The summed E-state index contributed by atoms with van der Waals surface area (Å²) in [6.45, 7) is 9.80. The van der Waals surface area contributed by atoms with E-state index in [0.717, 1.165) is 13.0 Å². The molecule has 0 aromatic rings. The first-order valence-corrected chi connectivity index (χ1v) is 6.95. The molecule has 70 valence electrons. The summed E-state index contributed by atoms with van der Waals surface area (Å²) in [5.41, 5.74) is 1.37. The van der Waals surface area contributed by atoms with E-state index in [1.165, 1.54) is 30.2 Å². The molecule has 1 nitrogen and oxygen atoms in total. The van der Waals surface area contributed by atoms with Crippen LogP contribution in [-0.2, 0) is 0 Å². The van der Waals surface area contributed by atoms with Crippen molar-refractivity contribution in [3.05, 3.63) is 12.2 Å². The fraction of sp³-hybridized carbons (Fsp3) is 0.778. The number of hydrogen-bond acceptors (Lipinski definition) is 3. The molecule has 0 spiro atoms. The molecule has 0 bridgehead atoms. The Morgan fingerprint density at radius 1 is 1.33 bits per heavy atom.